The summed E-state index contributed by atoms with van der Waals surface area (Å²) < 4.78 is 46.3. The van der Waals surface area contributed by atoms with Gasteiger partial charge < -0.3 is 9.64 Å². The minimum absolute atomic E-state index is 0.0873. The molecule has 1 aliphatic rings. The lowest BCUT2D eigenvalue weighted by Crippen LogP contribution is -2.62. The van der Waals surface area contributed by atoms with Gasteiger partial charge in [-0.25, -0.2) is 14.6 Å². The molecule has 0 aliphatic carbocycles. The number of allylic oxidation sites excluding steroid dienone is 4. The van der Waals surface area contributed by atoms with Crippen LogP contribution in [0.3, 0.4) is 0 Å². The number of alkyl halides is 3. The highest BCUT2D eigenvalue weighted by Crippen LogP contribution is 2.34. The van der Waals surface area contributed by atoms with E-state index in [1.807, 2.05) is 33.8 Å². The van der Waals surface area contributed by atoms with E-state index in [1.165, 1.54) is 0 Å². The van der Waals surface area contributed by atoms with E-state index in [1.54, 1.807) is 26.8 Å². The molecular weight excluding hydrogens is 481 g/mol. The number of halogens is 3. The molecule has 0 radical (unpaired) electrons. The summed E-state index contributed by atoms with van der Waals surface area (Å²) in [5, 5.41) is 2.80. The van der Waals surface area contributed by atoms with Crippen molar-refractivity contribution in [2.75, 3.05) is 25.0 Å². The summed E-state index contributed by atoms with van der Waals surface area (Å²) in [5.74, 6) is 0. The smallest absolute Gasteiger partial charge is 0.410 e. The van der Waals surface area contributed by atoms with Gasteiger partial charge in [-0.05, 0) is 45.8 Å². The highest BCUT2D eigenvalue weighted by Gasteiger charge is 2.50. The minimum atomic E-state index is -4.73. The third-order valence-electron chi connectivity index (χ3n) is 4.86. The highest BCUT2D eigenvalue weighted by molar-refractivity contribution is 7.17. The second-order valence-electron chi connectivity index (χ2n) is 8.51. The number of urea groups is 1. The summed E-state index contributed by atoms with van der Waals surface area (Å²) >= 11 is 1.16. The average Bonchev–Trinajstić information content (AvgIpc) is 3.20. The van der Waals surface area contributed by atoms with Crippen LogP contribution in [0.1, 0.15) is 59.0 Å². The number of rotatable bonds is 4. The molecule has 1 saturated heterocycles. The molecule has 1 aromatic rings. The highest BCUT2D eigenvalue weighted by atomic mass is 32.1. The molecule has 11 heteroatoms. The van der Waals surface area contributed by atoms with Crippen molar-refractivity contribution in [3.05, 3.63) is 35.9 Å². The molecule has 1 fully saturated rings. The number of ether oxygens (including phenoxy) is 1. The fourth-order valence-electron chi connectivity index (χ4n) is 3.05. The molecule has 1 aliphatic heterocycles. The number of amides is 3. The molecule has 0 spiro atoms. The maximum atomic E-state index is 13.7. The van der Waals surface area contributed by atoms with E-state index in [0.29, 0.717) is 21.0 Å². The number of nitrogens with one attached hydrogen (secondary N) is 1. The number of piperazine rings is 1. The largest absolute Gasteiger partial charge is 0.444 e. The Morgan fingerprint density at radius 3 is 2.31 bits per heavy atom. The molecule has 35 heavy (non-hydrogen) atoms. The van der Waals surface area contributed by atoms with Crippen LogP contribution in [-0.2, 0) is 4.74 Å². The fraction of sp³-hybridized carbons (Fsp3) is 0.542. The average molecular weight is 517 g/mol. The Morgan fingerprint density at radius 2 is 1.83 bits per heavy atom. The predicted octanol–water partition coefficient (Wildman–Crippen LogP) is 6.81. The summed E-state index contributed by atoms with van der Waals surface area (Å²) in [6.45, 7) is 18.9. The van der Waals surface area contributed by atoms with E-state index in [2.05, 4.69) is 23.5 Å². The minimum Gasteiger partial charge on any atom is -0.444 e. The Balaban J connectivity index is 0.00000298. The second-order valence-corrected chi connectivity index (χ2v) is 9.50. The predicted molar refractivity (Wildman–Crippen MR) is 135 cm³/mol. The zero-order valence-electron chi connectivity index (χ0n) is 21.4. The van der Waals surface area contributed by atoms with Crippen molar-refractivity contribution >= 4 is 39.7 Å². The lowest BCUT2D eigenvalue weighted by Gasteiger charge is -2.41. The summed E-state index contributed by atoms with van der Waals surface area (Å²) in [4.78, 5) is 31.8. The first-order valence-electron chi connectivity index (χ1n) is 11.3. The molecule has 2 heterocycles. The SMILES string of the molecule is C=CC(=C)c1sc(NC(=O)N2CCN(C(=O)OC(C)(C)C)C(C(F)(F)F)C2)nc1/C(C)=C/C.CC. The lowest BCUT2D eigenvalue weighted by atomic mass is 10.1. The molecule has 1 atom stereocenters. The Kier molecular flexibility index (Phi) is 10.6. The van der Waals surface area contributed by atoms with Gasteiger partial charge in [0.2, 0.25) is 0 Å². The first-order chi connectivity index (χ1) is 16.2. The summed E-state index contributed by atoms with van der Waals surface area (Å²) in [5.41, 5.74) is 1.15. The van der Waals surface area contributed by atoms with Crippen LogP contribution in [0.2, 0.25) is 0 Å². The molecule has 0 bridgehead atoms. The van der Waals surface area contributed by atoms with Crippen molar-refractivity contribution in [1.82, 2.24) is 14.8 Å². The maximum Gasteiger partial charge on any atom is 0.410 e. The fourth-order valence-corrected chi connectivity index (χ4v) is 4.03. The van der Waals surface area contributed by atoms with Crippen molar-refractivity contribution in [1.29, 1.82) is 0 Å². The molecule has 0 saturated carbocycles. The van der Waals surface area contributed by atoms with Crippen LogP contribution in [0.4, 0.5) is 27.9 Å². The number of hydrogen-bond donors (Lipinski definition) is 1. The van der Waals surface area contributed by atoms with E-state index in [-0.39, 0.29) is 18.2 Å². The van der Waals surface area contributed by atoms with Gasteiger partial charge in [-0.15, -0.1) is 0 Å². The molecule has 1 N–H and O–H groups in total. The first kappa shape index (κ1) is 30.2. The van der Waals surface area contributed by atoms with Crippen LogP contribution in [0.15, 0.2) is 25.3 Å². The number of hydrogen-bond acceptors (Lipinski definition) is 5. The maximum absolute atomic E-state index is 13.7. The van der Waals surface area contributed by atoms with E-state index in [0.717, 1.165) is 21.8 Å². The number of anilines is 1. The zero-order valence-corrected chi connectivity index (χ0v) is 22.2. The Bertz CT molecular complexity index is 945. The number of carbonyl (C=O) groups is 2. The van der Waals surface area contributed by atoms with E-state index < -0.39 is 36.5 Å². The van der Waals surface area contributed by atoms with Crippen molar-refractivity contribution in [3.8, 4) is 0 Å². The van der Waals surface area contributed by atoms with Crippen molar-refractivity contribution in [2.45, 2.75) is 66.3 Å². The zero-order chi connectivity index (χ0) is 27.1. The van der Waals surface area contributed by atoms with Gasteiger partial charge in [-0.1, -0.05) is 50.5 Å². The quantitative estimate of drug-likeness (QED) is 0.446. The van der Waals surface area contributed by atoms with E-state index in [9.17, 15) is 22.8 Å². The molecule has 1 aromatic heterocycles. The number of carbonyl (C=O) groups excluding carboxylic acids is 2. The van der Waals surface area contributed by atoms with Gasteiger partial charge in [0.05, 0.1) is 17.1 Å². The van der Waals surface area contributed by atoms with Gasteiger partial charge in [0.1, 0.15) is 11.6 Å². The van der Waals surface area contributed by atoms with Crippen LogP contribution in [-0.4, -0.2) is 64.4 Å². The normalized spacial score (nSPS) is 16.7. The molecule has 0 aromatic carbocycles. The summed E-state index contributed by atoms with van der Waals surface area (Å²) in [6.07, 6.45) is -2.38. The van der Waals surface area contributed by atoms with Gasteiger partial charge in [0, 0.05) is 13.1 Å². The third-order valence-corrected chi connectivity index (χ3v) is 5.91. The van der Waals surface area contributed by atoms with Crippen molar-refractivity contribution in [2.24, 2.45) is 0 Å². The molecule has 7 nitrogen and oxygen atoms in total. The van der Waals surface area contributed by atoms with Gasteiger partial charge in [0.15, 0.2) is 5.13 Å². The number of aromatic nitrogens is 1. The molecule has 2 rings (SSSR count). The van der Waals surface area contributed by atoms with Gasteiger partial charge in [0.25, 0.3) is 0 Å². The Hall–Kier alpha value is -2.82. The second kappa shape index (κ2) is 12.2. The van der Waals surface area contributed by atoms with Gasteiger partial charge in [-0.2, -0.15) is 13.2 Å². The van der Waals surface area contributed by atoms with Crippen LogP contribution in [0, 0.1) is 0 Å². The van der Waals surface area contributed by atoms with Crippen LogP contribution < -0.4 is 5.32 Å². The Labute approximate surface area is 209 Å². The third kappa shape index (κ3) is 8.12. The van der Waals surface area contributed by atoms with Gasteiger partial charge in [-0.3, -0.25) is 10.2 Å². The molecule has 3 amide bonds. The van der Waals surface area contributed by atoms with Gasteiger partial charge >= 0.3 is 18.3 Å². The van der Waals surface area contributed by atoms with Crippen LogP contribution >= 0.6 is 11.3 Å². The molecular formula is C24H35F3N4O3S. The van der Waals surface area contributed by atoms with E-state index in [4.69, 9.17) is 4.74 Å². The topological polar surface area (TPSA) is 74.8 Å². The Morgan fingerprint density at radius 1 is 1.23 bits per heavy atom. The molecule has 1 unspecified atom stereocenters. The van der Waals surface area contributed by atoms with Crippen molar-refractivity contribution in [3.63, 3.8) is 0 Å². The van der Waals surface area contributed by atoms with Crippen LogP contribution in [0.5, 0.6) is 0 Å². The summed E-state index contributed by atoms with van der Waals surface area (Å²) in [6, 6.07) is -2.91. The number of nitrogens with zero attached hydrogens (tertiary/aromatic N) is 3. The molecule has 196 valence electrons. The lowest BCUT2D eigenvalue weighted by molar-refractivity contribution is -0.190. The van der Waals surface area contributed by atoms with E-state index >= 15 is 0 Å². The number of thiazole rings is 1. The first-order valence-corrected chi connectivity index (χ1v) is 12.1. The summed E-state index contributed by atoms with van der Waals surface area (Å²) in [7, 11) is 0. The van der Waals surface area contributed by atoms with Crippen LogP contribution in [0.25, 0.3) is 11.1 Å². The monoisotopic (exact) mass is 516 g/mol. The standard InChI is InChI=1S/C22H29F3N4O3S.C2H6/c1-8-13(3)16-17(14(4)9-2)33-18(26-16)27-19(30)28-10-11-29(15(12-28)22(23,24)25)20(31)32-21(5,6)7;1-2/h8-9,15H,2,4,10-12H2,1,3,5-7H3,(H,26,27,30);1-2H3/b13-8+;. The van der Waals surface area contributed by atoms with Crippen molar-refractivity contribution < 1.29 is 27.5 Å².